The molecule has 1 N–H and O–H groups in total. The highest BCUT2D eigenvalue weighted by Gasteiger charge is 2.38. The summed E-state index contributed by atoms with van der Waals surface area (Å²) in [6.07, 6.45) is 2.86. The average molecular weight is 362 g/mol. The van der Waals surface area contributed by atoms with Gasteiger partial charge in [0.25, 0.3) is 0 Å². The summed E-state index contributed by atoms with van der Waals surface area (Å²) in [5.74, 6) is 2.29. The second kappa shape index (κ2) is 5.18. The molecule has 0 radical (unpaired) electrons. The minimum absolute atomic E-state index is 0.204. The Morgan fingerprint density at radius 1 is 1.61 bits per heavy atom. The molecule has 0 saturated carbocycles. The fraction of sp³-hybridized carbons (Fsp3) is 0.583. The van der Waals surface area contributed by atoms with Crippen molar-refractivity contribution in [2.45, 2.75) is 12.5 Å². The molecule has 1 aromatic heterocycles. The van der Waals surface area contributed by atoms with Crippen molar-refractivity contribution in [3.63, 3.8) is 0 Å². The Hall–Kier alpha value is -0.600. The van der Waals surface area contributed by atoms with Gasteiger partial charge in [-0.3, -0.25) is 0 Å². The number of aromatic nitrogens is 1. The summed E-state index contributed by atoms with van der Waals surface area (Å²) in [7, 11) is 0. The molecule has 0 amide bonds. The van der Waals surface area contributed by atoms with Crippen LogP contribution >= 0.6 is 22.6 Å². The fourth-order valence-electron chi connectivity index (χ4n) is 2.70. The van der Waals surface area contributed by atoms with E-state index in [-0.39, 0.29) is 6.79 Å². The lowest BCUT2D eigenvalue weighted by molar-refractivity contribution is -0.0151. The van der Waals surface area contributed by atoms with Crippen LogP contribution in [-0.2, 0) is 4.74 Å². The predicted octanol–water partition coefficient (Wildman–Crippen LogP) is 1.24. The monoisotopic (exact) mass is 362 g/mol. The van der Waals surface area contributed by atoms with Crippen molar-refractivity contribution in [3.8, 4) is 5.75 Å². The van der Waals surface area contributed by atoms with E-state index in [1.165, 1.54) is 0 Å². The van der Waals surface area contributed by atoms with Crippen molar-refractivity contribution in [1.29, 1.82) is 0 Å². The molecule has 2 aliphatic rings. The summed E-state index contributed by atoms with van der Waals surface area (Å²) < 4.78 is 12.0. The van der Waals surface area contributed by atoms with Crippen LogP contribution in [0.1, 0.15) is 6.42 Å². The van der Waals surface area contributed by atoms with Crippen LogP contribution in [0.3, 0.4) is 0 Å². The average Bonchev–Trinajstić information content (AvgIpc) is 2.80. The summed E-state index contributed by atoms with van der Waals surface area (Å²) in [5, 5.41) is 8.71. The summed E-state index contributed by atoms with van der Waals surface area (Å²) in [6, 6.07) is 2.35. The second-order valence-electron chi connectivity index (χ2n) is 4.66. The minimum Gasteiger partial charge on any atom is -0.486 e. The number of pyridine rings is 1. The van der Waals surface area contributed by atoms with Gasteiger partial charge in [0.1, 0.15) is 13.4 Å². The van der Waals surface area contributed by atoms with Crippen LogP contribution in [0, 0.1) is 9.49 Å². The first-order valence-corrected chi connectivity index (χ1v) is 7.10. The van der Waals surface area contributed by atoms with Gasteiger partial charge in [-0.1, -0.05) is 0 Å². The van der Waals surface area contributed by atoms with Gasteiger partial charge in [0.2, 0.25) is 0 Å². The van der Waals surface area contributed by atoms with Gasteiger partial charge in [0.15, 0.2) is 11.6 Å². The smallest absolute Gasteiger partial charge is 0.175 e. The number of aliphatic hydroxyl groups is 1. The van der Waals surface area contributed by atoms with Gasteiger partial charge in [-0.15, -0.1) is 0 Å². The maximum atomic E-state index is 8.71. The lowest BCUT2D eigenvalue weighted by Crippen LogP contribution is -2.39. The van der Waals surface area contributed by atoms with Gasteiger partial charge in [0, 0.05) is 18.7 Å². The van der Waals surface area contributed by atoms with E-state index in [1.54, 1.807) is 0 Å². The number of hydrogen-bond acceptors (Lipinski definition) is 5. The zero-order chi connectivity index (χ0) is 12.5. The quantitative estimate of drug-likeness (QED) is 0.648. The van der Waals surface area contributed by atoms with Crippen LogP contribution in [0.4, 0.5) is 5.82 Å². The third-order valence-electron chi connectivity index (χ3n) is 3.48. The number of anilines is 1. The molecule has 2 aliphatic heterocycles. The highest BCUT2D eigenvalue weighted by Crippen LogP contribution is 2.40. The fourth-order valence-corrected chi connectivity index (χ4v) is 3.26. The van der Waals surface area contributed by atoms with Crippen molar-refractivity contribution >= 4 is 28.4 Å². The first-order valence-electron chi connectivity index (χ1n) is 6.02. The Balaban J connectivity index is 1.80. The minimum atomic E-state index is -0.204. The van der Waals surface area contributed by atoms with Crippen LogP contribution in [0.5, 0.6) is 5.75 Å². The first-order chi connectivity index (χ1) is 8.79. The Kier molecular flexibility index (Phi) is 3.58. The number of rotatable bonds is 3. The summed E-state index contributed by atoms with van der Waals surface area (Å²) in [6.45, 7) is 2.03. The largest absolute Gasteiger partial charge is 0.486 e. The third kappa shape index (κ3) is 2.17. The number of halogens is 1. The molecule has 5 nitrogen and oxygen atoms in total. The maximum Gasteiger partial charge on any atom is 0.175 e. The van der Waals surface area contributed by atoms with Crippen LogP contribution in [-0.4, -0.2) is 42.7 Å². The van der Waals surface area contributed by atoms with E-state index in [0.29, 0.717) is 25.2 Å². The van der Waals surface area contributed by atoms with E-state index in [0.717, 1.165) is 28.1 Å². The molecule has 1 fully saturated rings. The van der Waals surface area contributed by atoms with Crippen LogP contribution in [0.15, 0.2) is 12.3 Å². The maximum absolute atomic E-state index is 8.71. The van der Waals surface area contributed by atoms with Crippen LogP contribution < -0.4 is 9.64 Å². The molecular weight excluding hydrogens is 347 g/mol. The van der Waals surface area contributed by atoms with Crippen LogP contribution in [0.2, 0.25) is 0 Å². The lowest BCUT2D eigenvalue weighted by Gasteiger charge is -2.32. The SMILES string of the molecule is OCOC[C@H]1C[C@H]2COc3c(I)ccnc3N2C1. The number of hydrogen-bond donors (Lipinski definition) is 1. The van der Waals surface area contributed by atoms with Crippen molar-refractivity contribution in [2.75, 3.05) is 31.5 Å². The van der Waals surface area contributed by atoms with Gasteiger partial charge in [0.05, 0.1) is 16.2 Å². The highest BCUT2D eigenvalue weighted by atomic mass is 127. The molecule has 3 rings (SSSR count). The summed E-state index contributed by atoms with van der Waals surface area (Å²) in [5.41, 5.74) is 0. The Labute approximate surface area is 119 Å². The topological polar surface area (TPSA) is 54.8 Å². The number of nitrogens with zero attached hydrogens (tertiary/aromatic N) is 2. The molecule has 98 valence electrons. The zero-order valence-corrected chi connectivity index (χ0v) is 12.0. The summed E-state index contributed by atoms with van der Waals surface area (Å²) >= 11 is 2.28. The van der Waals surface area contributed by atoms with E-state index >= 15 is 0 Å². The molecule has 1 saturated heterocycles. The normalized spacial score (nSPS) is 25.6. The molecule has 6 heteroatoms. The standard InChI is InChI=1S/C12H15IN2O3/c13-10-1-2-14-12-11(10)18-6-9-3-8(4-15(9)12)5-17-7-16/h1-2,8-9,16H,3-7H2/t8-,9-/m0/s1. The number of fused-ring (bicyclic) bond motifs is 3. The van der Waals surface area contributed by atoms with E-state index in [2.05, 4.69) is 32.5 Å². The molecule has 18 heavy (non-hydrogen) atoms. The molecule has 1 aromatic rings. The van der Waals surface area contributed by atoms with Crippen molar-refractivity contribution in [1.82, 2.24) is 4.98 Å². The summed E-state index contributed by atoms with van der Waals surface area (Å²) in [4.78, 5) is 6.76. The van der Waals surface area contributed by atoms with Gasteiger partial charge >= 0.3 is 0 Å². The molecule has 0 spiro atoms. The van der Waals surface area contributed by atoms with Gasteiger partial charge in [-0.25, -0.2) is 4.98 Å². The Morgan fingerprint density at radius 2 is 2.50 bits per heavy atom. The van der Waals surface area contributed by atoms with E-state index in [1.807, 2.05) is 12.3 Å². The Bertz CT molecular complexity index is 443. The number of aliphatic hydroxyl groups excluding tert-OH is 1. The second-order valence-corrected chi connectivity index (χ2v) is 5.83. The van der Waals surface area contributed by atoms with Crippen molar-refractivity contribution < 1.29 is 14.6 Å². The molecule has 0 unspecified atom stereocenters. The Morgan fingerprint density at radius 3 is 3.33 bits per heavy atom. The van der Waals surface area contributed by atoms with Gasteiger partial charge in [-0.2, -0.15) is 0 Å². The van der Waals surface area contributed by atoms with Gasteiger partial charge < -0.3 is 19.5 Å². The molecule has 0 aliphatic carbocycles. The highest BCUT2D eigenvalue weighted by molar-refractivity contribution is 14.1. The van der Waals surface area contributed by atoms with Crippen molar-refractivity contribution in [3.05, 3.63) is 15.8 Å². The van der Waals surface area contributed by atoms with Crippen LogP contribution in [0.25, 0.3) is 0 Å². The van der Waals surface area contributed by atoms with E-state index < -0.39 is 0 Å². The van der Waals surface area contributed by atoms with E-state index in [9.17, 15) is 0 Å². The zero-order valence-electron chi connectivity index (χ0n) is 9.88. The third-order valence-corrected chi connectivity index (χ3v) is 4.33. The number of ether oxygens (including phenoxy) is 2. The molecule has 0 bridgehead atoms. The van der Waals surface area contributed by atoms with Crippen molar-refractivity contribution in [2.24, 2.45) is 5.92 Å². The first kappa shape index (κ1) is 12.4. The van der Waals surface area contributed by atoms with E-state index in [4.69, 9.17) is 14.6 Å². The molecule has 2 atom stereocenters. The molecule has 3 heterocycles. The molecule has 0 aromatic carbocycles. The lowest BCUT2D eigenvalue weighted by atomic mass is 10.1. The van der Waals surface area contributed by atoms with Gasteiger partial charge in [-0.05, 0) is 35.1 Å². The molecular formula is C12H15IN2O3. The predicted molar refractivity (Wildman–Crippen MR) is 74.7 cm³/mol.